The Morgan fingerprint density at radius 3 is 1.46 bits per heavy atom. The van der Waals surface area contributed by atoms with Crippen molar-refractivity contribution < 1.29 is 0 Å². The summed E-state index contributed by atoms with van der Waals surface area (Å²) in [5, 5.41) is 7.46. The van der Waals surface area contributed by atoms with Crippen molar-refractivity contribution in [2.24, 2.45) is 0 Å². The molecule has 0 N–H and O–H groups in total. The summed E-state index contributed by atoms with van der Waals surface area (Å²) in [4.78, 5) is 14.8. The van der Waals surface area contributed by atoms with Crippen molar-refractivity contribution in [3.63, 3.8) is 0 Å². The number of hydrogen-bond acceptors (Lipinski definition) is 3. The minimum absolute atomic E-state index is 0.637. The molecule has 54 heavy (non-hydrogen) atoms. The topological polar surface area (TPSA) is 48.5 Å². The van der Waals surface area contributed by atoms with E-state index in [2.05, 4.69) is 137 Å². The van der Waals surface area contributed by atoms with Gasteiger partial charge >= 0.3 is 0 Å². The van der Waals surface area contributed by atoms with Crippen LogP contribution in [0.3, 0.4) is 0 Å². The zero-order valence-corrected chi connectivity index (χ0v) is 29.1. The minimum Gasteiger partial charge on any atom is -0.309 e. The largest absolute Gasteiger partial charge is 0.309 e. The molecule has 0 bridgehead atoms. The number of para-hydroxylation sites is 2. The third kappa shape index (κ3) is 4.69. The molecule has 0 spiro atoms. The van der Waals surface area contributed by atoms with Crippen molar-refractivity contribution in [2.45, 2.75) is 0 Å². The van der Waals surface area contributed by atoms with Gasteiger partial charge in [-0.15, -0.1) is 0 Å². The van der Waals surface area contributed by atoms with Crippen LogP contribution in [0.15, 0.2) is 188 Å². The summed E-state index contributed by atoms with van der Waals surface area (Å²) in [6.07, 6.45) is 0. The molecular weight excluding hydrogens is 659 g/mol. The van der Waals surface area contributed by atoms with Crippen molar-refractivity contribution >= 4 is 54.4 Å². The van der Waals surface area contributed by atoms with E-state index in [1.54, 1.807) is 0 Å². The third-order valence-corrected chi connectivity index (χ3v) is 10.5. The molecule has 0 aliphatic carbocycles. The Balaban J connectivity index is 1.14. The smallest absolute Gasteiger partial charge is 0.164 e. The van der Waals surface area contributed by atoms with Gasteiger partial charge in [0.2, 0.25) is 0 Å². The van der Waals surface area contributed by atoms with Gasteiger partial charge in [-0.1, -0.05) is 133 Å². The van der Waals surface area contributed by atoms with Gasteiger partial charge in [0.15, 0.2) is 17.5 Å². The summed E-state index contributed by atoms with van der Waals surface area (Å²) >= 11 is 0. The molecule has 0 aliphatic rings. The molecular formula is C49H31N5. The van der Waals surface area contributed by atoms with Crippen molar-refractivity contribution in [1.82, 2.24) is 24.1 Å². The number of rotatable bonds is 5. The molecule has 3 aromatic heterocycles. The summed E-state index contributed by atoms with van der Waals surface area (Å²) in [5.74, 6) is 1.94. The van der Waals surface area contributed by atoms with Crippen LogP contribution in [-0.2, 0) is 0 Å². The van der Waals surface area contributed by atoms with E-state index in [1.165, 1.54) is 43.4 Å². The lowest BCUT2D eigenvalue weighted by atomic mass is 10.0. The van der Waals surface area contributed by atoms with E-state index in [0.717, 1.165) is 39.1 Å². The van der Waals surface area contributed by atoms with Gasteiger partial charge in [0.25, 0.3) is 0 Å². The van der Waals surface area contributed by atoms with E-state index in [9.17, 15) is 0 Å². The second-order valence-corrected chi connectivity index (χ2v) is 13.6. The highest BCUT2D eigenvalue weighted by atomic mass is 15.0. The summed E-state index contributed by atoms with van der Waals surface area (Å²) in [6, 6.07) is 66.2. The van der Waals surface area contributed by atoms with E-state index in [1.807, 2.05) is 60.7 Å². The van der Waals surface area contributed by atoms with E-state index < -0.39 is 0 Å². The Kier molecular flexibility index (Phi) is 6.79. The number of nitrogens with zero attached hydrogens (tertiary/aromatic N) is 5. The molecule has 5 nitrogen and oxygen atoms in total. The van der Waals surface area contributed by atoms with E-state index in [0.29, 0.717) is 17.5 Å². The fourth-order valence-corrected chi connectivity index (χ4v) is 8.15. The lowest BCUT2D eigenvalue weighted by Crippen LogP contribution is -2.00. The first kappa shape index (κ1) is 30.3. The number of benzene rings is 8. The summed E-state index contributed by atoms with van der Waals surface area (Å²) in [6.45, 7) is 0. The molecule has 11 aromatic rings. The Morgan fingerprint density at radius 1 is 0.296 bits per heavy atom. The van der Waals surface area contributed by atoms with Gasteiger partial charge in [0, 0.05) is 49.6 Å². The predicted molar refractivity (Wildman–Crippen MR) is 222 cm³/mol. The fraction of sp³-hybridized carbons (Fsp3) is 0. The van der Waals surface area contributed by atoms with Crippen LogP contribution in [-0.4, -0.2) is 24.1 Å². The summed E-state index contributed by atoms with van der Waals surface area (Å²) < 4.78 is 4.84. The average molecular weight is 690 g/mol. The molecule has 0 radical (unpaired) electrons. The summed E-state index contributed by atoms with van der Waals surface area (Å²) in [7, 11) is 0. The Morgan fingerprint density at radius 2 is 0.796 bits per heavy atom. The monoisotopic (exact) mass is 689 g/mol. The molecule has 0 amide bonds. The van der Waals surface area contributed by atoms with E-state index in [4.69, 9.17) is 15.0 Å². The summed E-state index contributed by atoms with van der Waals surface area (Å²) in [5.41, 5.74) is 9.75. The first-order valence-corrected chi connectivity index (χ1v) is 18.2. The highest BCUT2D eigenvalue weighted by molar-refractivity contribution is 6.30. The van der Waals surface area contributed by atoms with Gasteiger partial charge in [-0.25, -0.2) is 15.0 Å². The second-order valence-electron chi connectivity index (χ2n) is 13.6. The number of hydrogen-bond donors (Lipinski definition) is 0. The van der Waals surface area contributed by atoms with E-state index >= 15 is 0 Å². The highest BCUT2D eigenvalue weighted by Gasteiger charge is 2.22. The molecule has 0 aliphatic heterocycles. The van der Waals surface area contributed by atoms with Crippen LogP contribution in [0.4, 0.5) is 0 Å². The molecule has 11 rings (SSSR count). The molecule has 3 heterocycles. The molecule has 252 valence electrons. The van der Waals surface area contributed by atoms with Gasteiger partial charge in [0.1, 0.15) is 0 Å². The zero-order chi connectivity index (χ0) is 35.6. The standard InChI is InChI=1S/C49H31N5/c1-4-15-33(16-5-1)47-50-48(34-17-6-2-7-18-34)52-49(51-47)35-24-27-37(28-25-35)53-41-23-13-12-22-39(41)45-43(53)31-29-40-44-38-21-11-10-14-32(38)26-30-42(44)54(46(40)45)36-19-8-3-9-20-36/h1-31H. The predicted octanol–water partition coefficient (Wildman–Crippen LogP) is 12.2. The molecule has 0 atom stereocenters. The lowest BCUT2D eigenvalue weighted by Gasteiger charge is -2.11. The highest BCUT2D eigenvalue weighted by Crippen LogP contribution is 2.44. The zero-order valence-electron chi connectivity index (χ0n) is 29.1. The maximum absolute atomic E-state index is 4.97. The van der Waals surface area contributed by atoms with Crippen LogP contribution in [0.1, 0.15) is 0 Å². The minimum atomic E-state index is 0.637. The van der Waals surface area contributed by atoms with Crippen LogP contribution in [0.2, 0.25) is 0 Å². The normalized spacial score (nSPS) is 11.7. The van der Waals surface area contributed by atoms with Crippen molar-refractivity contribution in [3.05, 3.63) is 188 Å². The van der Waals surface area contributed by atoms with Gasteiger partial charge < -0.3 is 9.13 Å². The van der Waals surface area contributed by atoms with Crippen LogP contribution >= 0.6 is 0 Å². The molecule has 0 saturated carbocycles. The van der Waals surface area contributed by atoms with Gasteiger partial charge in [0.05, 0.1) is 22.1 Å². The lowest BCUT2D eigenvalue weighted by molar-refractivity contribution is 1.07. The Hall–Kier alpha value is -7.37. The Labute approximate surface area is 311 Å². The molecule has 0 saturated heterocycles. The molecule has 0 fully saturated rings. The molecule has 0 unspecified atom stereocenters. The van der Waals surface area contributed by atoms with Crippen LogP contribution in [0.5, 0.6) is 0 Å². The fourth-order valence-electron chi connectivity index (χ4n) is 8.15. The average Bonchev–Trinajstić information content (AvgIpc) is 3.78. The quantitative estimate of drug-likeness (QED) is 0.181. The van der Waals surface area contributed by atoms with Crippen LogP contribution in [0.25, 0.3) is 99.9 Å². The van der Waals surface area contributed by atoms with Crippen LogP contribution in [0, 0.1) is 0 Å². The maximum Gasteiger partial charge on any atom is 0.164 e. The SMILES string of the molecule is c1ccc(-c2nc(-c3ccccc3)nc(-c3ccc(-n4c5ccccc5c5c4ccc4c6c7ccccc7ccc6n(-c6ccccc6)c45)cc3)n2)cc1. The van der Waals surface area contributed by atoms with Crippen LogP contribution < -0.4 is 0 Å². The maximum atomic E-state index is 4.97. The van der Waals surface area contributed by atoms with Crippen molar-refractivity contribution in [1.29, 1.82) is 0 Å². The second kappa shape index (κ2) is 12.1. The first-order chi connectivity index (χ1) is 26.8. The first-order valence-electron chi connectivity index (χ1n) is 18.2. The third-order valence-electron chi connectivity index (χ3n) is 10.5. The molecule has 5 heteroatoms. The van der Waals surface area contributed by atoms with Crippen molar-refractivity contribution in [2.75, 3.05) is 0 Å². The number of fused-ring (bicyclic) bond motifs is 9. The van der Waals surface area contributed by atoms with Gasteiger partial charge in [-0.05, 0) is 65.4 Å². The van der Waals surface area contributed by atoms with Gasteiger partial charge in [-0.2, -0.15) is 0 Å². The Bertz CT molecular complexity index is 3120. The molecule has 8 aromatic carbocycles. The van der Waals surface area contributed by atoms with E-state index in [-0.39, 0.29) is 0 Å². The number of aromatic nitrogens is 5. The van der Waals surface area contributed by atoms with Gasteiger partial charge in [-0.3, -0.25) is 0 Å². The van der Waals surface area contributed by atoms with Crippen molar-refractivity contribution in [3.8, 4) is 45.5 Å².